The van der Waals surface area contributed by atoms with E-state index in [0.717, 1.165) is 69.1 Å². The fraction of sp³-hybridized carbons (Fsp3) is 0.490. The number of nitrogens with zero attached hydrogens (tertiary/aromatic N) is 4. The van der Waals surface area contributed by atoms with E-state index in [1.54, 1.807) is 31.3 Å². The van der Waals surface area contributed by atoms with Gasteiger partial charge in [0, 0.05) is 61.1 Å². The molecule has 3 aliphatic heterocycles. The Bertz CT molecular complexity index is 2860. The molecule has 2 saturated carbocycles. The summed E-state index contributed by atoms with van der Waals surface area (Å²) in [6, 6.07) is 20.0. The number of hydrogen-bond donors (Lipinski definition) is 4. The number of H-pyrrole nitrogens is 1. The van der Waals surface area contributed by atoms with E-state index in [2.05, 4.69) is 67.9 Å². The lowest BCUT2D eigenvalue weighted by molar-refractivity contribution is -0.384. The number of nitrogens with one attached hydrogen (secondary N) is 3. The first-order valence-electron chi connectivity index (χ1n) is 24.1. The molecule has 0 bridgehead atoms. The Labute approximate surface area is 402 Å². The Morgan fingerprint density at radius 2 is 1.77 bits per heavy atom. The van der Waals surface area contributed by atoms with Crippen LogP contribution in [0.15, 0.2) is 77.8 Å². The van der Waals surface area contributed by atoms with Crippen molar-refractivity contribution in [1.29, 1.82) is 0 Å². The highest BCUT2D eigenvalue weighted by Crippen LogP contribution is 2.53. The molecule has 18 heteroatoms. The minimum atomic E-state index is -4.70. The number of aromatic amines is 1. The van der Waals surface area contributed by atoms with Gasteiger partial charge in [0.25, 0.3) is 27.5 Å². The molecule has 2 aliphatic carbocycles. The Morgan fingerprint density at radius 1 is 1.00 bits per heavy atom. The number of rotatable bonds is 12. The lowest BCUT2D eigenvalue weighted by Gasteiger charge is -2.57. The maximum atomic E-state index is 14.2. The van der Waals surface area contributed by atoms with E-state index >= 15 is 0 Å². The lowest BCUT2D eigenvalue weighted by atomic mass is 9.59. The first kappa shape index (κ1) is 46.8. The van der Waals surface area contributed by atoms with E-state index in [1.807, 2.05) is 6.07 Å². The molecule has 2 saturated heterocycles. The van der Waals surface area contributed by atoms with Gasteiger partial charge in [-0.3, -0.25) is 19.8 Å². The van der Waals surface area contributed by atoms with Crippen molar-refractivity contribution in [3.05, 3.63) is 99.7 Å². The SMILES string of the molecule is COc1nc2[nH]ccc2cc1Oc1cc(N2CCC3(CC2)CC(N2CCOC[C@@H]2c2ccccc2C(C)C)C3)ccc1C(=O)NS(=O)(=O)c1cc2c(c([N+](=O)[O-])c1)N[C@@H]([C@H]1CC[C@](C)(O)CC1)CO2. The van der Waals surface area contributed by atoms with Crippen molar-refractivity contribution < 1.29 is 42.2 Å². The molecule has 2 atom stereocenters. The van der Waals surface area contributed by atoms with E-state index in [4.69, 9.17) is 18.9 Å². The number of nitro groups is 1. The zero-order valence-electron chi connectivity index (χ0n) is 39.5. The highest BCUT2D eigenvalue weighted by Gasteiger charge is 2.50. The van der Waals surface area contributed by atoms with E-state index in [1.165, 1.54) is 30.4 Å². The topological polar surface area (TPSA) is 211 Å². The van der Waals surface area contributed by atoms with Crippen LogP contribution in [0.5, 0.6) is 23.1 Å². The van der Waals surface area contributed by atoms with E-state index in [0.29, 0.717) is 49.9 Å². The number of ether oxygens (including phenoxy) is 4. The van der Waals surface area contributed by atoms with Gasteiger partial charge in [-0.15, -0.1) is 0 Å². The maximum absolute atomic E-state index is 14.2. The number of methoxy groups -OCH3 is 1. The van der Waals surface area contributed by atoms with Crippen LogP contribution in [0.3, 0.4) is 0 Å². The van der Waals surface area contributed by atoms with Gasteiger partial charge < -0.3 is 39.3 Å². The standard InChI is InChI=1S/C51H61N7O10S/c1-31(2)37-7-5-6-8-38(37)42-30-66-22-21-57(42)35-27-51(28-35)16-19-56(20-17-51)34-9-10-39(43(24-34)68-45-23-33-13-18-52-47(33)54-49(45)65-4)48(59)55-69(63,64)36-25-41(58(61)62)46-44(26-36)67-29-40(53-46)32-11-14-50(3,60)15-12-32/h5-10,13,18,23-26,31-32,35,40,42,53,60H,11-12,14-17,19-22,27-30H2,1-4H3,(H,52,54)(H,55,59)/t32-,40-,42-,50-/m1/s1. The summed E-state index contributed by atoms with van der Waals surface area (Å²) >= 11 is 0. The molecule has 5 heterocycles. The summed E-state index contributed by atoms with van der Waals surface area (Å²) in [5.74, 6) is -0.0695. The van der Waals surface area contributed by atoms with Crippen LogP contribution in [-0.4, -0.2) is 103 Å². The highest BCUT2D eigenvalue weighted by atomic mass is 32.2. The van der Waals surface area contributed by atoms with E-state index in [9.17, 15) is 28.4 Å². The van der Waals surface area contributed by atoms with Crippen molar-refractivity contribution in [1.82, 2.24) is 19.6 Å². The van der Waals surface area contributed by atoms with Crippen LogP contribution >= 0.6 is 0 Å². The molecule has 10 rings (SSSR count). The fourth-order valence-corrected chi connectivity index (χ4v) is 12.4. The van der Waals surface area contributed by atoms with Crippen molar-refractivity contribution in [2.45, 2.75) is 107 Å². The number of hydrogen-bond acceptors (Lipinski definition) is 14. The van der Waals surface area contributed by atoms with Crippen LogP contribution in [0.2, 0.25) is 0 Å². The minimum Gasteiger partial charge on any atom is -0.489 e. The van der Waals surface area contributed by atoms with Crippen LogP contribution in [0.1, 0.15) is 106 Å². The fourth-order valence-electron chi connectivity index (χ4n) is 11.4. The van der Waals surface area contributed by atoms with Gasteiger partial charge in [0.2, 0.25) is 0 Å². The van der Waals surface area contributed by atoms with Gasteiger partial charge in [-0.2, -0.15) is 4.98 Å². The number of aliphatic hydroxyl groups is 1. The van der Waals surface area contributed by atoms with Gasteiger partial charge >= 0.3 is 0 Å². The molecule has 5 aromatic rings. The number of benzene rings is 3. The van der Waals surface area contributed by atoms with Gasteiger partial charge in [0.1, 0.15) is 18.0 Å². The number of aromatic nitrogens is 2. The number of fused-ring (bicyclic) bond motifs is 2. The van der Waals surface area contributed by atoms with Crippen molar-refractivity contribution >= 4 is 44.0 Å². The normalized spacial score (nSPS) is 24.0. The van der Waals surface area contributed by atoms with E-state index < -0.39 is 37.0 Å². The number of nitro benzene ring substituents is 1. The molecule has 69 heavy (non-hydrogen) atoms. The third-order valence-electron chi connectivity index (χ3n) is 15.4. The average molecular weight is 964 g/mol. The number of carbonyl (C=O) groups excluding carboxylic acids is 1. The van der Waals surface area contributed by atoms with Crippen LogP contribution in [-0.2, 0) is 14.8 Å². The Morgan fingerprint density at radius 3 is 2.51 bits per heavy atom. The zero-order valence-corrected chi connectivity index (χ0v) is 40.3. The van der Waals surface area contributed by atoms with Gasteiger partial charge in [-0.25, -0.2) is 13.1 Å². The zero-order chi connectivity index (χ0) is 48.2. The monoisotopic (exact) mass is 963 g/mol. The second-order valence-electron chi connectivity index (χ2n) is 20.3. The highest BCUT2D eigenvalue weighted by molar-refractivity contribution is 7.90. The molecule has 1 spiro atoms. The smallest absolute Gasteiger partial charge is 0.297 e. The van der Waals surface area contributed by atoms with Crippen LogP contribution < -0.4 is 29.1 Å². The molecule has 366 valence electrons. The van der Waals surface area contributed by atoms with Crippen LogP contribution in [0.4, 0.5) is 17.1 Å². The van der Waals surface area contributed by atoms with Crippen LogP contribution in [0, 0.1) is 21.4 Å². The lowest BCUT2D eigenvalue weighted by Crippen LogP contribution is -2.58. The molecule has 4 N–H and O–H groups in total. The first-order chi connectivity index (χ1) is 33.1. The molecule has 1 amide bonds. The number of pyridine rings is 1. The van der Waals surface area contributed by atoms with Gasteiger partial charge in [-0.05, 0) is 111 Å². The Hall–Kier alpha value is -5.95. The van der Waals surface area contributed by atoms with E-state index in [-0.39, 0.29) is 64.4 Å². The average Bonchev–Trinajstić information content (AvgIpc) is 3.79. The summed E-state index contributed by atoms with van der Waals surface area (Å²) in [6.45, 7) is 10.4. The van der Waals surface area contributed by atoms with Crippen molar-refractivity contribution in [2.24, 2.45) is 11.3 Å². The van der Waals surface area contributed by atoms with Gasteiger partial charge in [0.05, 0.1) is 53.4 Å². The largest absolute Gasteiger partial charge is 0.489 e. The molecule has 2 aromatic heterocycles. The number of carbonyl (C=O) groups is 1. The molecule has 17 nitrogen and oxygen atoms in total. The number of anilines is 2. The van der Waals surface area contributed by atoms with Crippen molar-refractivity contribution in [3.63, 3.8) is 0 Å². The van der Waals surface area contributed by atoms with Gasteiger partial charge in [-0.1, -0.05) is 38.1 Å². The second kappa shape index (κ2) is 18.4. The molecular formula is C51H61N7O10S. The Kier molecular flexibility index (Phi) is 12.5. The number of piperidine rings is 1. The molecule has 0 radical (unpaired) electrons. The quantitative estimate of drug-likeness (QED) is 0.0683. The summed E-state index contributed by atoms with van der Waals surface area (Å²) in [5.41, 5.74) is 3.07. The summed E-state index contributed by atoms with van der Waals surface area (Å²) in [5, 5.41) is 26.9. The molecule has 5 aliphatic rings. The van der Waals surface area contributed by atoms with Crippen molar-refractivity contribution in [3.8, 4) is 23.1 Å². The Balaban J connectivity index is 0.876. The predicted molar refractivity (Wildman–Crippen MR) is 260 cm³/mol. The number of sulfonamides is 1. The minimum absolute atomic E-state index is 0.0114. The molecule has 4 fully saturated rings. The molecule has 0 unspecified atom stereocenters. The van der Waals surface area contributed by atoms with Crippen molar-refractivity contribution in [2.75, 3.05) is 56.8 Å². The summed E-state index contributed by atoms with van der Waals surface area (Å²) in [6.07, 6.45) is 8.57. The first-order valence-corrected chi connectivity index (χ1v) is 25.6. The third-order valence-corrected chi connectivity index (χ3v) is 16.8. The molecule has 3 aromatic carbocycles. The number of amides is 1. The predicted octanol–water partition coefficient (Wildman–Crippen LogP) is 8.45. The van der Waals surface area contributed by atoms with Gasteiger partial charge in [0.15, 0.2) is 17.2 Å². The summed E-state index contributed by atoms with van der Waals surface area (Å²) in [4.78, 5) is 38.0. The van der Waals surface area contributed by atoms with Crippen LogP contribution in [0.25, 0.3) is 11.0 Å². The number of morpholine rings is 1. The summed E-state index contributed by atoms with van der Waals surface area (Å²) < 4.78 is 54.4. The second-order valence-corrected chi connectivity index (χ2v) is 21.9. The molecular weight excluding hydrogens is 903 g/mol. The maximum Gasteiger partial charge on any atom is 0.297 e. The summed E-state index contributed by atoms with van der Waals surface area (Å²) in [7, 11) is -3.25. The third kappa shape index (κ3) is 9.31.